The van der Waals surface area contributed by atoms with E-state index in [0.717, 1.165) is 0 Å². The number of carbonyl (C=O) groups is 1. The van der Waals surface area contributed by atoms with Crippen molar-refractivity contribution in [2.24, 2.45) is 12.8 Å². The smallest absolute Gasteiger partial charge is 0.265 e. The molecule has 1 aromatic heterocycles. The predicted octanol–water partition coefficient (Wildman–Crippen LogP) is -0.902. The van der Waals surface area contributed by atoms with Gasteiger partial charge in [0.25, 0.3) is 5.91 Å². The molecule has 0 bridgehead atoms. The molecule has 0 saturated carbocycles. The Morgan fingerprint density at radius 2 is 2.54 bits per heavy atom. The minimum Gasteiger partial charge on any atom is -0.316 e. The van der Waals surface area contributed by atoms with Crippen molar-refractivity contribution in [1.82, 2.24) is 15.3 Å². The number of aromatic nitrogens is 2. The van der Waals surface area contributed by atoms with Crippen LogP contribution in [0.2, 0.25) is 0 Å². The number of nitrogens with two attached hydrogens (primary N) is 1. The Bertz CT molecular complexity index is 296. The van der Waals surface area contributed by atoms with E-state index in [-0.39, 0.29) is 0 Å². The lowest BCUT2D eigenvalue weighted by atomic mass is 10.2. The van der Waals surface area contributed by atoms with E-state index in [1.807, 2.05) is 0 Å². The highest BCUT2D eigenvalue weighted by Crippen LogP contribution is 2.07. The van der Waals surface area contributed by atoms with Gasteiger partial charge in [-0.25, -0.2) is 5.48 Å². The van der Waals surface area contributed by atoms with E-state index in [0.29, 0.717) is 5.56 Å². The SMILES string of the molecule is CONC(=O)C(N)c1cnn(C)c1. The monoisotopic (exact) mass is 184 g/mol. The summed E-state index contributed by atoms with van der Waals surface area (Å²) in [6.45, 7) is 0. The molecule has 0 aliphatic rings. The average Bonchev–Trinajstić information content (AvgIpc) is 2.51. The highest BCUT2D eigenvalue weighted by Gasteiger charge is 2.16. The second-order valence-electron chi connectivity index (χ2n) is 2.60. The van der Waals surface area contributed by atoms with Crippen molar-refractivity contribution in [3.05, 3.63) is 18.0 Å². The zero-order valence-corrected chi connectivity index (χ0v) is 7.52. The number of aryl methyl sites for hydroxylation is 1. The summed E-state index contributed by atoms with van der Waals surface area (Å²) < 4.78 is 1.58. The lowest BCUT2D eigenvalue weighted by Gasteiger charge is -2.07. The molecule has 0 aromatic carbocycles. The molecule has 1 atom stereocenters. The fourth-order valence-electron chi connectivity index (χ4n) is 0.916. The van der Waals surface area contributed by atoms with Crippen LogP contribution in [0.15, 0.2) is 12.4 Å². The number of hydrogen-bond acceptors (Lipinski definition) is 4. The molecule has 1 unspecified atom stereocenters. The van der Waals surface area contributed by atoms with Crippen LogP contribution in [0, 0.1) is 0 Å². The summed E-state index contributed by atoms with van der Waals surface area (Å²) in [6.07, 6.45) is 3.22. The van der Waals surface area contributed by atoms with Crippen molar-refractivity contribution >= 4 is 5.91 Å². The van der Waals surface area contributed by atoms with E-state index in [9.17, 15) is 4.79 Å². The van der Waals surface area contributed by atoms with Crippen LogP contribution in [-0.4, -0.2) is 22.8 Å². The molecule has 0 aliphatic carbocycles. The summed E-state index contributed by atoms with van der Waals surface area (Å²) >= 11 is 0. The van der Waals surface area contributed by atoms with Crippen LogP contribution >= 0.6 is 0 Å². The Kier molecular flexibility index (Phi) is 2.99. The highest BCUT2D eigenvalue weighted by molar-refractivity contribution is 5.81. The molecule has 6 heteroatoms. The van der Waals surface area contributed by atoms with Gasteiger partial charge in [-0.3, -0.25) is 14.3 Å². The lowest BCUT2D eigenvalue weighted by Crippen LogP contribution is -2.33. The van der Waals surface area contributed by atoms with Crippen molar-refractivity contribution in [3.63, 3.8) is 0 Å². The second kappa shape index (κ2) is 4.01. The number of hydroxylamine groups is 1. The van der Waals surface area contributed by atoms with Gasteiger partial charge in [0.15, 0.2) is 0 Å². The molecule has 1 amide bonds. The van der Waals surface area contributed by atoms with Crippen LogP contribution in [0.4, 0.5) is 0 Å². The van der Waals surface area contributed by atoms with Crippen LogP contribution in [-0.2, 0) is 16.7 Å². The molecule has 0 fully saturated rings. The maximum atomic E-state index is 11.2. The van der Waals surface area contributed by atoms with Gasteiger partial charge in [-0.2, -0.15) is 5.10 Å². The summed E-state index contributed by atoms with van der Waals surface area (Å²) in [7, 11) is 3.11. The zero-order chi connectivity index (χ0) is 9.84. The number of rotatable bonds is 3. The summed E-state index contributed by atoms with van der Waals surface area (Å²) in [5.41, 5.74) is 8.39. The standard InChI is InChI=1S/C7H12N4O2/c1-11-4-5(3-9-11)6(8)7(12)10-13-2/h3-4,6H,8H2,1-2H3,(H,10,12). The Morgan fingerprint density at radius 3 is 3.00 bits per heavy atom. The first kappa shape index (κ1) is 9.69. The van der Waals surface area contributed by atoms with Crippen molar-refractivity contribution in [2.45, 2.75) is 6.04 Å². The summed E-state index contributed by atoms with van der Waals surface area (Å²) in [5, 5.41) is 3.90. The summed E-state index contributed by atoms with van der Waals surface area (Å²) in [6, 6.07) is -0.742. The van der Waals surface area contributed by atoms with Gasteiger partial charge >= 0.3 is 0 Å². The number of nitrogens with one attached hydrogen (secondary N) is 1. The molecule has 72 valence electrons. The van der Waals surface area contributed by atoms with Crippen LogP contribution in [0.5, 0.6) is 0 Å². The van der Waals surface area contributed by atoms with Crippen LogP contribution in [0.25, 0.3) is 0 Å². The first-order valence-electron chi connectivity index (χ1n) is 3.72. The summed E-state index contributed by atoms with van der Waals surface area (Å²) in [5.74, 6) is -0.393. The van der Waals surface area contributed by atoms with E-state index >= 15 is 0 Å². The second-order valence-corrected chi connectivity index (χ2v) is 2.60. The van der Waals surface area contributed by atoms with Gasteiger partial charge in [0.2, 0.25) is 0 Å². The largest absolute Gasteiger partial charge is 0.316 e. The topological polar surface area (TPSA) is 82.2 Å². The summed E-state index contributed by atoms with van der Waals surface area (Å²) in [4.78, 5) is 15.6. The average molecular weight is 184 g/mol. The van der Waals surface area contributed by atoms with E-state index in [1.165, 1.54) is 7.11 Å². The molecular weight excluding hydrogens is 172 g/mol. The predicted molar refractivity (Wildman–Crippen MR) is 45.3 cm³/mol. The van der Waals surface area contributed by atoms with E-state index in [2.05, 4.69) is 15.4 Å². The number of hydrogen-bond donors (Lipinski definition) is 2. The van der Waals surface area contributed by atoms with Crippen molar-refractivity contribution < 1.29 is 9.63 Å². The van der Waals surface area contributed by atoms with Crippen molar-refractivity contribution in [3.8, 4) is 0 Å². The van der Waals surface area contributed by atoms with Gasteiger partial charge in [0, 0.05) is 18.8 Å². The molecule has 13 heavy (non-hydrogen) atoms. The lowest BCUT2D eigenvalue weighted by molar-refractivity contribution is -0.132. The van der Waals surface area contributed by atoms with Crippen LogP contribution in [0.3, 0.4) is 0 Å². The minimum atomic E-state index is -0.742. The molecule has 1 rings (SSSR count). The molecular formula is C7H12N4O2. The minimum absolute atomic E-state index is 0.393. The third kappa shape index (κ3) is 2.27. The third-order valence-corrected chi connectivity index (χ3v) is 1.57. The fraction of sp³-hybridized carbons (Fsp3) is 0.429. The molecule has 6 nitrogen and oxygen atoms in total. The van der Waals surface area contributed by atoms with Gasteiger partial charge < -0.3 is 5.73 Å². The molecule has 0 aliphatic heterocycles. The molecule has 1 aromatic rings. The van der Waals surface area contributed by atoms with E-state index in [1.54, 1.807) is 24.1 Å². The highest BCUT2D eigenvalue weighted by atomic mass is 16.6. The van der Waals surface area contributed by atoms with E-state index in [4.69, 9.17) is 5.73 Å². The zero-order valence-electron chi connectivity index (χ0n) is 7.52. The third-order valence-electron chi connectivity index (χ3n) is 1.57. The van der Waals surface area contributed by atoms with Crippen LogP contribution in [0.1, 0.15) is 11.6 Å². The number of amides is 1. The van der Waals surface area contributed by atoms with E-state index < -0.39 is 11.9 Å². The maximum absolute atomic E-state index is 11.2. The Labute approximate surface area is 75.6 Å². The Hall–Kier alpha value is -1.40. The van der Waals surface area contributed by atoms with Gasteiger partial charge in [0.05, 0.1) is 13.3 Å². The fourth-order valence-corrected chi connectivity index (χ4v) is 0.916. The molecule has 0 radical (unpaired) electrons. The molecule has 0 spiro atoms. The number of nitrogens with zero attached hydrogens (tertiary/aromatic N) is 2. The van der Waals surface area contributed by atoms with Gasteiger partial charge in [-0.05, 0) is 0 Å². The first-order valence-corrected chi connectivity index (χ1v) is 3.72. The quantitative estimate of drug-likeness (QED) is 0.596. The van der Waals surface area contributed by atoms with Crippen LogP contribution < -0.4 is 11.2 Å². The maximum Gasteiger partial charge on any atom is 0.265 e. The first-order chi connectivity index (χ1) is 6.15. The van der Waals surface area contributed by atoms with Gasteiger partial charge in [0.1, 0.15) is 6.04 Å². The molecule has 3 N–H and O–H groups in total. The molecule has 0 saturated heterocycles. The Balaban J connectivity index is 2.67. The molecule has 1 heterocycles. The van der Waals surface area contributed by atoms with Gasteiger partial charge in [-0.15, -0.1) is 0 Å². The number of carbonyl (C=O) groups excluding carboxylic acids is 1. The Morgan fingerprint density at radius 1 is 1.85 bits per heavy atom. The van der Waals surface area contributed by atoms with Crippen molar-refractivity contribution in [2.75, 3.05) is 7.11 Å². The van der Waals surface area contributed by atoms with Gasteiger partial charge in [-0.1, -0.05) is 0 Å². The normalized spacial score (nSPS) is 12.5. The van der Waals surface area contributed by atoms with Crippen molar-refractivity contribution in [1.29, 1.82) is 0 Å².